The van der Waals surface area contributed by atoms with Crippen LogP contribution < -0.4 is 0 Å². The van der Waals surface area contributed by atoms with Crippen LogP contribution in [0.25, 0.3) is 0 Å². The highest BCUT2D eigenvalue weighted by Crippen LogP contribution is 2.32. The fraction of sp³-hybridized carbons (Fsp3) is 1.00. The number of rotatable bonds is 3. The smallest absolute Gasteiger partial charge is 0.0475 e. The molecule has 1 aliphatic carbocycles. The summed E-state index contributed by atoms with van der Waals surface area (Å²) >= 11 is 6.00. The molecule has 1 saturated heterocycles. The second-order valence-corrected chi connectivity index (χ2v) is 4.54. The van der Waals surface area contributed by atoms with Crippen molar-refractivity contribution >= 4 is 11.6 Å². The zero-order valence-corrected chi connectivity index (χ0v) is 7.69. The molecule has 1 nitrogen and oxygen atoms in total. The summed E-state index contributed by atoms with van der Waals surface area (Å²) in [6, 6.07) is 0. The van der Waals surface area contributed by atoms with Gasteiger partial charge in [0.15, 0.2) is 0 Å². The van der Waals surface area contributed by atoms with Gasteiger partial charge in [-0.1, -0.05) is 12.8 Å². The maximum absolute atomic E-state index is 6.00. The van der Waals surface area contributed by atoms with E-state index in [-0.39, 0.29) is 0 Å². The minimum absolute atomic E-state index is 0.439. The van der Waals surface area contributed by atoms with E-state index in [1.807, 2.05) is 0 Å². The Morgan fingerprint density at radius 3 is 2.64 bits per heavy atom. The summed E-state index contributed by atoms with van der Waals surface area (Å²) in [6.45, 7) is 3.67. The first-order valence-electron chi connectivity index (χ1n) is 4.71. The van der Waals surface area contributed by atoms with Gasteiger partial charge in [-0.15, -0.1) is 11.6 Å². The lowest BCUT2D eigenvalue weighted by Crippen LogP contribution is -2.22. The third kappa shape index (κ3) is 2.34. The van der Waals surface area contributed by atoms with Crippen molar-refractivity contribution in [2.75, 3.05) is 19.6 Å². The monoisotopic (exact) mass is 173 g/mol. The van der Waals surface area contributed by atoms with Crippen molar-refractivity contribution in [3.63, 3.8) is 0 Å². The second kappa shape index (κ2) is 3.32. The fourth-order valence-electron chi connectivity index (χ4n) is 1.76. The summed E-state index contributed by atoms with van der Waals surface area (Å²) in [4.78, 5) is 2.51. The molecule has 2 rings (SSSR count). The van der Waals surface area contributed by atoms with Crippen LogP contribution >= 0.6 is 11.6 Å². The first kappa shape index (κ1) is 7.88. The SMILES string of the molecule is ClC1CCN(CCC2CC2)C1. The van der Waals surface area contributed by atoms with Crippen LogP contribution in [-0.4, -0.2) is 29.9 Å². The van der Waals surface area contributed by atoms with Crippen molar-refractivity contribution in [2.24, 2.45) is 5.92 Å². The molecule has 2 aliphatic rings. The van der Waals surface area contributed by atoms with Crippen LogP contribution in [0.5, 0.6) is 0 Å². The van der Waals surface area contributed by atoms with Crippen LogP contribution in [0, 0.1) is 5.92 Å². The van der Waals surface area contributed by atoms with Crippen LogP contribution in [0.4, 0.5) is 0 Å². The Kier molecular flexibility index (Phi) is 2.38. The highest BCUT2D eigenvalue weighted by atomic mass is 35.5. The van der Waals surface area contributed by atoms with E-state index in [1.54, 1.807) is 0 Å². The average molecular weight is 174 g/mol. The minimum Gasteiger partial charge on any atom is -0.302 e. The standard InChI is InChI=1S/C9H16ClN/c10-9-4-6-11(7-9)5-3-8-1-2-8/h8-9H,1-7H2. The van der Waals surface area contributed by atoms with Crippen LogP contribution in [0.2, 0.25) is 0 Å². The van der Waals surface area contributed by atoms with Gasteiger partial charge in [-0.3, -0.25) is 0 Å². The number of alkyl halides is 1. The molecule has 1 saturated carbocycles. The molecule has 0 aromatic heterocycles. The van der Waals surface area contributed by atoms with E-state index in [0.29, 0.717) is 5.38 Å². The summed E-state index contributed by atoms with van der Waals surface area (Å²) < 4.78 is 0. The number of hydrogen-bond acceptors (Lipinski definition) is 1. The summed E-state index contributed by atoms with van der Waals surface area (Å²) in [6.07, 6.45) is 5.59. The fourth-order valence-corrected chi connectivity index (χ4v) is 2.05. The summed E-state index contributed by atoms with van der Waals surface area (Å²) in [7, 11) is 0. The molecule has 0 N–H and O–H groups in total. The molecule has 0 radical (unpaired) electrons. The van der Waals surface area contributed by atoms with E-state index in [9.17, 15) is 0 Å². The molecule has 2 fully saturated rings. The molecule has 64 valence electrons. The quantitative estimate of drug-likeness (QED) is 0.591. The Labute approximate surface area is 73.7 Å². The van der Waals surface area contributed by atoms with Crippen molar-refractivity contribution < 1.29 is 0 Å². The first-order valence-corrected chi connectivity index (χ1v) is 5.14. The van der Waals surface area contributed by atoms with Gasteiger partial charge in [0.25, 0.3) is 0 Å². The molecule has 0 aromatic carbocycles. The Morgan fingerprint density at radius 2 is 2.09 bits per heavy atom. The molecule has 11 heavy (non-hydrogen) atoms. The first-order chi connectivity index (χ1) is 5.34. The van der Waals surface area contributed by atoms with Gasteiger partial charge in [-0.25, -0.2) is 0 Å². The van der Waals surface area contributed by atoms with Crippen LogP contribution in [-0.2, 0) is 0 Å². The maximum Gasteiger partial charge on any atom is 0.0475 e. The van der Waals surface area contributed by atoms with Crippen molar-refractivity contribution in [3.05, 3.63) is 0 Å². The summed E-state index contributed by atoms with van der Waals surface area (Å²) in [5.74, 6) is 1.07. The van der Waals surface area contributed by atoms with Crippen molar-refractivity contribution in [1.82, 2.24) is 4.90 Å². The predicted molar refractivity (Wildman–Crippen MR) is 48.0 cm³/mol. The van der Waals surface area contributed by atoms with Crippen molar-refractivity contribution in [2.45, 2.75) is 31.1 Å². The Morgan fingerprint density at radius 1 is 1.27 bits per heavy atom. The lowest BCUT2D eigenvalue weighted by Gasteiger charge is -2.13. The number of halogens is 1. The van der Waals surface area contributed by atoms with Gasteiger partial charge < -0.3 is 4.90 Å². The largest absolute Gasteiger partial charge is 0.302 e. The summed E-state index contributed by atoms with van der Waals surface area (Å²) in [5, 5.41) is 0.439. The third-order valence-corrected chi connectivity index (χ3v) is 3.12. The zero-order chi connectivity index (χ0) is 7.68. The van der Waals surface area contributed by atoms with E-state index in [2.05, 4.69) is 4.90 Å². The number of hydrogen-bond donors (Lipinski definition) is 0. The Bertz CT molecular complexity index is 134. The van der Waals surface area contributed by atoms with E-state index in [0.717, 1.165) is 12.5 Å². The Hall–Kier alpha value is 0.250. The molecule has 2 heteroatoms. The molecule has 0 bridgehead atoms. The van der Waals surface area contributed by atoms with E-state index in [1.165, 1.54) is 38.8 Å². The molecule has 1 unspecified atom stereocenters. The van der Waals surface area contributed by atoms with Gasteiger partial charge in [0.1, 0.15) is 0 Å². The third-order valence-electron chi connectivity index (χ3n) is 2.77. The molecule has 1 aliphatic heterocycles. The van der Waals surface area contributed by atoms with Crippen LogP contribution in [0.1, 0.15) is 25.7 Å². The number of likely N-dealkylation sites (tertiary alicyclic amines) is 1. The molecule has 0 spiro atoms. The van der Waals surface area contributed by atoms with Crippen LogP contribution in [0.3, 0.4) is 0 Å². The van der Waals surface area contributed by atoms with Gasteiger partial charge in [-0.05, 0) is 31.8 Å². The van der Waals surface area contributed by atoms with Gasteiger partial charge in [0.05, 0.1) is 0 Å². The second-order valence-electron chi connectivity index (χ2n) is 3.92. The highest BCUT2D eigenvalue weighted by molar-refractivity contribution is 6.20. The molecule has 0 amide bonds. The Balaban J connectivity index is 1.62. The van der Waals surface area contributed by atoms with Gasteiger partial charge >= 0.3 is 0 Å². The van der Waals surface area contributed by atoms with Gasteiger partial charge in [0, 0.05) is 11.9 Å². The topological polar surface area (TPSA) is 3.24 Å². The molecule has 0 aromatic rings. The minimum atomic E-state index is 0.439. The maximum atomic E-state index is 6.00. The average Bonchev–Trinajstić information content (AvgIpc) is 2.72. The van der Waals surface area contributed by atoms with Crippen molar-refractivity contribution in [1.29, 1.82) is 0 Å². The lowest BCUT2D eigenvalue weighted by molar-refractivity contribution is 0.327. The van der Waals surface area contributed by atoms with Gasteiger partial charge in [-0.2, -0.15) is 0 Å². The molecular formula is C9H16ClN. The number of nitrogens with zero attached hydrogens (tertiary/aromatic N) is 1. The van der Waals surface area contributed by atoms with E-state index < -0.39 is 0 Å². The predicted octanol–water partition coefficient (Wildman–Crippen LogP) is 2.10. The van der Waals surface area contributed by atoms with E-state index >= 15 is 0 Å². The molecule has 1 atom stereocenters. The van der Waals surface area contributed by atoms with Crippen molar-refractivity contribution in [3.8, 4) is 0 Å². The summed E-state index contributed by atoms with van der Waals surface area (Å²) in [5.41, 5.74) is 0. The highest BCUT2D eigenvalue weighted by Gasteiger charge is 2.24. The van der Waals surface area contributed by atoms with Gasteiger partial charge in [0.2, 0.25) is 0 Å². The molecule has 1 heterocycles. The molecular weight excluding hydrogens is 158 g/mol. The normalized spacial score (nSPS) is 33.0. The van der Waals surface area contributed by atoms with Crippen LogP contribution in [0.15, 0.2) is 0 Å². The zero-order valence-electron chi connectivity index (χ0n) is 6.93. The lowest BCUT2D eigenvalue weighted by atomic mass is 10.3. The van der Waals surface area contributed by atoms with E-state index in [4.69, 9.17) is 11.6 Å².